The normalized spacial score (nSPS) is 47.2. The van der Waals surface area contributed by atoms with E-state index < -0.39 is 11.7 Å². The summed E-state index contributed by atoms with van der Waals surface area (Å²) in [6, 6.07) is 0. The number of aliphatic hydroxyl groups excluding tert-OH is 1. The first-order chi connectivity index (χ1) is 13.0. The molecule has 0 aliphatic heterocycles. The van der Waals surface area contributed by atoms with Gasteiger partial charge >= 0.3 is 5.97 Å². The number of halogens is 1. The van der Waals surface area contributed by atoms with E-state index in [0.717, 1.165) is 42.7 Å². The van der Waals surface area contributed by atoms with Crippen LogP contribution in [0.2, 0.25) is 0 Å². The Kier molecular flexibility index (Phi) is 4.63. The molecule has 0 heterocycles. The predicted octanol–water partition coefficient (Wildman–Crippen LogP) is 4.54. The average Bonchev–Trinajstić information content (AvgIpc) is 2.90. The molecule has 154 valence electrons. The van der Waals surface area contributed by atoms with Gasteiger partial charge < -0.3 is 9.84 Å². The quantitative estimate of drug-likeness (QED) is 0.683. The van der Waals surface area contributed by atoms with Gasteiger partial charge in [0.2, 0.25) is 0 Å². The lowest BCUT2D eigenvalue weighted by atomic mass is 9.48. The Morgan fingerprint density at radius 2 is 1.75 bits per heavy atom. The summed E-state index contributed by atoms with van der Waals surface area (Å²) < 4.78 is 5.80. The van der Waals surface area contributed by atoms with E-state index in [9.17, 15) is 14.7 Å². The first-order valence-electron chi connectivity index (χ1n) is 10.5. The second kappa shape index (κ2) is 6.43. The maximum Gasteiger partial charge on any atom is 0.303 e. The number of carbonyl (C=O) groups is 2. The molecule has 28 heavy (non-hydrogen) atoms. The largest absolute Gasteiger partial charge is 0.451 e. The molecule has 0 spiro atoms. The van der Waals surface area contributed by atoms with Crippen molar-refractivity contribution in [1.82, 2.24) is 0 Å². The van der Waals surface area contributed by atoms with Gasteiger partial charge in [-0.2, -0.15) is 0 Å². The van der Waals surface area contributed by atoms with Gasteiger partial charge in [0.05, 0.1) is 6.10 Å². The lowest BCUT2D eigenvalue weighted by molar-refractivity contribution is -0.185. The van der Waals surface area contributed by atoms with Crippen LogP contribution in [0, 0.1) is 28.6 Å². The Morgan fingerprint density at radius 3 is 2.39 bits per heavy atom. The zero-order chi connectivity index (χ0) is 20.5. The third-order valence-corrected chi connectivity index (χ3v) is 9.02. The van der Waals surface area contributed by atoms with E-state index in [-0.39, 0.29) is 34.4 Å². The van der Waals surface area contributed by atoms with Gasteiger partial charge in [-0.25, -0.2) is 0 Å². The number of rotatable bonds is 2. The predicted molar refractivity (Wildman–Crippen MR) is 108 cm³/mol. The van der Waals surface area contributed by atoms with Crippen LogP contribution in [0.1, 0.15) is 66.2 Å². The van der Waals surface area contributed by atoms with Crippen LogP contribution < -0.4 is 0 Å². The van der Waals surface area contributed by atoms with Gasteiger partial charge in [0.1, 0.15) is 0 Å². The molecule has 0 aromatic rings. The highest BCUT2D eigenvalue weighted by Gasteiger charge is 2.67. The van der Waals surface area contributed by atoms with Gasteiger partial charge in [-0.15, -0.1) is 0 Å². The van der Waals surface area contributed by atoms with Crippen LogP contribution in [0.4, 0.5) is 0 Å². The Bertz CT molecular complexity index is 785. The molecule has 1 N–H and O–H groups in total. The molecule has 0 radical (unpaired) electrons. The number of hydrogen-bond acceptors (Lipinski definition) is 4. The minimum atomic E-state index is -1.02. The number of ether oxygens (including phenoxy) is 1. The minimum absolute atomic E-state index is 0.0374. The number of ketones is 1. The number of allylic oxidation sites excluding steroid dienone is 3. The highest BCUT2D eigenvalue weighted by Crippen LogP contribution is 2.68. The van der Waals surface area contributed by atoms with Gasteiger partial charge in [-0.3, -0.25) is 9.59 Å². The fraction of sp³-hybridized carbons (Fsp3) is 0.739. The Labute approximate surface area is 172 Å². The molecular weight excluding hydrogens is 376 g/mol. The molecular formula is C23H31ClO4. The van der Waals surface area contributed by atoms with Crippen molar-refractivity contribution in [2.24, 2.45) is 28.6 Å². The van der Waals surface area contributed by atoms with Gasteiger partial charge in [0.15, 0.2) is 11.4 Å². The van der Waals surface area contributed by atoms with Crippen LogP contribution >= 0.6 is 11.6 Å². The molecule has 4 rings (SSSR count). The molecule has 0 amide bonds. The van der Waals surface area contributed by atoms with Crippen molar-refractivity contribution in [2.75, 3.05) is 0 Å². The Hall–Kier alpha value is -1.13. The van der Waals surface area contributed by atoms with Crippen LogP contribution in [0.3, 0.4) is 0 Å². The Morgan fingerprint density at radius 1 is 1.07 bits per heavy atom. The lowest BCUT2D eigenvalue weighted by Gasteiger charge is -2.58. The summed E-state index contributed by atoms with van der Waals surface area (Å²) >= 11 is 6.75. The van der Waals surface area contributed by atoms with E-state index in [2.05, 4.69) is 19.9 Å². The molecule has 7 atom stereocenters. The first-order valence-corrected chi connectivity index (χ1v) is 10.9. The van der Waals surface area contributed by atoms with E-state index in [1.54, 1.807) is 6.92 Å². The molecule has 0 saturated heterocycles. The van der Waals surface area contributed by atoms with Crippen molar-refractivity contribution in [2.45, 2.75) is 77.9 Å². The van der Waals surface area contributed by atoms with E-state index in [0.29, 0.717) is 12.3 Å². The first kappa shape index (κ1) is 20.2. The van der Waals surface area contributed by atoms with Gasteiger partial charge in [-0.1, -0.05) is 37.6 Å². The maximum atomic E-state index is 12.8. The van der Waals surface area contributed by atoms with Crippen molar-refractivity contribution in [1.29, 1.82) is 0 Å². The van der Waals surface area contributed by atoms with Crippen LogP contribution in [-0.4, -0.2) is 28.6 Å². The molecule has 4 aliphatic rings. The molecule has 0 aromatic carbocycles. The topological polar surface area (TPSA) is 63.6 Å². The van der Waals surface area contributed by atoms with Crippen molar-refractivity contribution in [3.8, 4) is 0 Å². The lowest BCUT2D eigenvalue weighted by Crippen LogP contribution is -2.58. The van der Waals surface area contributed by atoms with E-state index in [1.807, 2.05) is 6.08 Å². The highest BCUT2D eigenvalue weighted by molar-refractivity contribution is 6.32. The summed E-state index contributed by atoms with van der Waals surface area (Å²) in [5.41, 5.74) is -0.340. The average molecular weight is 407 g/mol. The molecule has 5 heteroatoms. The summed E-state index contributed by atoms with van der Waals surface area (Å²) in [5, 5.41) is 10.9. The number of Topliss-reactive ketones (excluding diaryl/α,β-unsaturated/α-hetero) is 1. The van der Waals surface area contributed by atoms with Crippen LogP contribution in [0.15, 0.2) is 22.8 Å². The van der Waals surface area contributed by atoms with Gasteiger partial charge in [0, 0.05) is 17.4 Å². The van der Waals surface area contributed by atoms with Gasteiger partial charge in [0.25, 0.3) is 0 Å². The molecule has 4 aliphatic carbocycles. The fourth-order valence-corrected chi connectivity index (χ4v) is 7.70. The molecule has 0 aromatic heterocycles. The standard InChI is InChI=1S/C23H31ClO4/c1-13(25)23(28-14(2)26)10-7-18-16-12-20(24)19-11-15(27)5-8-21(19,3)17(16)6-9-22(18,23)4/h11-12,15-18,27H,5-10H2,1-4H3/t15-,16+,17+,18-,21-,22+,23+/m1/s1. The van der Waals surface area contributed by atoms with Crippen molar-refractivity contribution >= 4 is 23.4 Å². The molecule has 4 nitrogen and oxygen atoms in total. The minimum Gasteiger partial charge on any atom is -0.451 e. The number of carbonyl (C=O) groups excluding carboxylic acids is 2. The van der Waals surface area contributed by atoms with Crippen molar-refractivity contribution < 1.29 is 19.4 Å². The molecule has 0 unspecified atom stereocenters. The SMILES string of the molecule is CC(=O)O[C@]1(C(C)=O)CC[C@@H]2[C@H]3C=C(Cl)C4=C[C@H](O)CC[C@]4(C)[C@H]3CC[C@@]21C. The van der Waals surface area contributed by atoms with Crippen LogP contribution in [-0.2, 0) is 14.3 Å². The van der Waals surface area contributed by atoms with Crippen molar-refractivity contribution in [3.63, 3.8) is 0 Å². The highest BCUT2D eigenvalue weighted by atomic mass is 35.5. The van der Waals surface area contributed by atoms with E-state index in [1.165, 1.54) is 6.92 Å². The number of hydrogen-bond donors (Lipinski definition) is 1. The molecule has 2 fully saturated rings. The zero-order valence-electron chi connectivity index (χ0n) is 17.3. The second-order valence-corrected chi connectivity index (χ2v) is 10.3. The molecule has 2 saturated carbocycles. The molecule has 0 bridgehead atoms. The zero-order valence-corrected chi connectivity index (χ0v) is 18.0. The number of esters is 1. The Balaban J connectivity index is 1.78. The summed E-state index contributed by atoms with van der Waals surface area (Å²) in [6.45, 7) is 7.40. The second-order valence-electron chi connectivity index (χ2n) is 9.88. The van der Waals surface area contributed by atoms with Gasteiger partial charge in [-0.05, 0) is 74.2 Å². The summed E-state index contributed by atoms with van der Waals surface area (Å²) in [6.07, 6.45) is 8.68. The van der Waals surface area contributed by atoms with E-state index >= 15 is 0 Å². The van der Waals surface area contributed by atoms with E-state index in [4.69, 9.17) is 16.3 Å². The third kappa shape index (κ3) is 2.53. The van der Waals surface area contributed by atoms with Crippen molar-refractivity contribution in [3.05, 3.63) is 22.8 Å². The summed E-state index contributed by atoms with van der Waals surface area (Å²) in [7, 11) is 0. The summed E-state index contributed by atoms with van der Waals surface area (Å²) in [5.74, 6) is 0.542. The number of fused-ring (bicyclic) bond motifs is 5. The van der Waals surface area contributed by atoms with Crippen LogP contribution in [0.5, 0.6) is 0 Å². The smallest absolute Gasteiger partial charge is 0.303 e. The monoisotopic (exact) mass is 406 g/mol. The number of aliphatic hydroxyl groups is 1. The van der Waals surface area contributed by atoms with Crippen LogP contribution in [0.25, 0.3) is 0 Å². The maximum absolute atomic E-state index is 12.8. The third-order valence-electron chi connectivity index (χ3n) is 8.69. The fourth-order valence-electron chi connectivity index (χ4n) is 7.28. The summed E-state index contributed by atoms with van der Waals surface area (Å²) in [4.78, 5) is 24.7.